The van der Waals surface area contributed by atoms with Crippen LogP contribution in [0.3, 0.4) is 0 Å². The summed E-state index contributed by atoms with van der Waals surface area (Å²) in [7, 11) is -0.594. The molecule has 88 valence electrons. The largest absolute Gasteiger partial charge is 0.322 e. The average molecular weight is 309 g/mol. The summed E-state index contributed by atoms with van der Waals surface area (Å²) in [6, 6.07) is 18.0. The van der Waals surface area contributed by atoms with E-state index in [9.17, 15) is 0 Å². The Labute approximate surface area is 112 Å². The number of para-hydroxylation sites is 1. The molecule has 0 aliphatic carbocycles. The van der Waals surface area contributed by atoms with Crippen molar-refractivity contribution in [1.29, 1.82) is 4.78 Å². The van der Waals surface area contributed by atoms with Crippen molar-refractivity contribution in [3.05, 3.63) is 64.6 Å². The van der Waals surface area contributed by atoms with Gasteiger partial charge in [0.2, 0.25) is 0 Å². The lowest BCUT2D eigenvalue weighted by Crippen LogP contribution is -2.05. The van der Waals surface area contributed by atoms with Gasteiger partial charge in [-0.1, -0.05) is 46.3 Å². The van der Waals surface area contributed by atoms with Crippen molar-refractivity contribution in [2.45, 2.75) is 5.75 Å². The quantitative estimate of drug-likeness (QED) is 0.865. The molecule has 0 saturated carbocycles. The lowest BCUT2D eigenvalue weighted by atomic mass is 10.2. The maximum Gasteiger partial charge on any atom is 0.0478 e. The van der Waals surface area contributed by atoms with E-state index in [1.165, 1.54) is 5.56 Å². The Morgan fingerprint density at radius 1 is 1.00 bits per heavy atom. The number of hydrogen-bond acceptors (Lipinski definition) is 1. The van der Waals surface area contributed by atoms with Gasteiger partial charge in [-0.25, -0.2) is 0 Å². The first-order valence-electron chi connectivity index (χ1n) is 5.22. The normalized spacial score (nSPS) is 12.1. The van der Waals surface area contributed by atoms with Gasteiger partial charge in [-0.15, -0.1) is 0 Å². The SMILES string of the molecule is N=S(Cc1ccc(Br)cc1)Nc1ccccc1. The van der Waals surface area contributed by atoms with Gasteiger partial charge in [0.25, 0.3) is 0 Å². The van der Waals surface area contributed by atoms with Crippen LogP contribution in [0.15, 0.2) is 59.1 Å². The molecular weight excluding hydrogens is 296 g/mol. The highest BCUT2D eigenvalue weighted by atomic mass is 79.9. The summed E-state index contributed by atoms with van der Waals surface area (Å²) in [6.45, 7) is 0. The van der Waals surface area contributed by atoms with Gasteiger partial charge in [0, 0.05) is 15.9 Å². The van der Waals surface area contributed by atoms with Crippen molar-refractivity contribution in [3.8, 4) is 0 Å². The summed E-state index contributed by atoms with van der Waals surface area (Å²) < 4.78 is 12.3. The zero-order valence-corrected chi connectivity index (χ0v) is 11.6. The second-order valence-electron chi connectivity index (χ2n) is 3.63. The molecule has 0 amide bonds. The predicted octanol–water partition coefficient (Wildman–Crippen LogP) is 4.36. The molecule has 2 nitrogen and oxygen atoms in total. The van der Waals surface area contributed by atoms with E-state index in [1.54, 1.807) is 0 Å². The molecule has 2 aromatic carbocycles. The van der Waals surface area contributed by atoms with E-state index >= 15 is 0 Å². The second-order valence-corrected chi connectivity index (χ2v) is 5.82. The molecule has 2 aromatic rings. The zero-order valence-electron chi connectivity index (χ0n) is 9.19. The van der Waals surface area contributed by atoms with Crippen molar-refractivity contribution in [3.63, 3.8) is 0 Å². The van der Waals surface area contributed by atoms with E-state index in [0.717, 1.165) is 15.9 Å². The van der Waals surface area contributed by atoms with Crippen LogP contribution in [0.2, 0.25) is 0 Å². The summed E-state index contributed by atoms with van der Waals surface area (Å²) in [6.07, 6.45) is 0. The van der Waals surface area contributed by atoms with Gasteiger partial charge in [0.05, 0.1) is 0 Å². The van der Waals surface area contributed by atoms with Crippen molar-refractivity contribution in [2.75, 3.05) is 4.72 Å². The van der Waals surface area contributed by atoms with Crippen molar-refractivity contribution in [1.82, 2.24) is 0 Å². The molecule has 1 unspecified atom stereocenters. The highest BCUT2D eigenvalue weighted by molar-refractivity contribution is 9.10. The van der Waals surface area contributed by atoms with Gasteiger partial charge in [0.15, 0.2) is 0 Å². The van der Waals surface area contributed by atoms with Crippen molar-refractivity contribution < 1.29 is 0 Å². The van der Waals surface area contributed by atoms with E-state index in [4.69, 9.17) is 4.78 Å². The molecule has 1 atom stereocenters. The molecule has 0 fully saturated rings. The minimum atomic E-state index is -0.594. The topological polar surface area (TPSA) is 35.9 Å². The molecular formula is C13H13BrN2S. The molecule has 0 spiro atoms. The Balaban J connectivity index is 1.96. The van der Waals surface area contributed by atoms with E-state index in [2.05, 4.69) is 20.7 Å². The van der Waals surface area contributed by atoms with Crippen LogP contribution in [-0.4, -0.2) is 0 Å². The van der Waals surface area contributed by atoms with Crippen LogP contribution in [0.4, 0.5) is 5.69 Å². The maximum atomic E-state index is 8.01. The fraction of sp³-hybridized carbons (Fsp3) is 0.0769. The van der Waals surface area contributed by atoms with Crippen molar-refractivity contribution in [2.24, 2.45) is 0 Å². The molecule has 2 N–H and O–H groups in total. The first-order valence-corrected chi connectivity index (χ1v) is 7.41. The fourth-order valence-corrected chi connectivity index (χ4v) is 2.71. The van der Waals surface area contributed by atoms with Crippen molar-refractivity contribution >= 4 is 32.5 Å². The molecule has 0 bridgehead atoms. The molecule has 0 aliphatic heterocycles. The Bertz CT molecular complexity index is 497. The number of halogens is 1. The Kier molecular flexibility index (Phi) is 4.34. The van der Waals surface area contributed by atoms with Crippen LogP contribution in [0.25, 0.3) is 0 Å². The molecule has 0 aromatic heterocycles. The highest BCUT2D eigenvalue weighted by Gasteiger charge is 1.98. The molecule has 4 heteroatoms. The fourth-order valence-electron chi connectivity index (χ4n) is 1.43. The number of hydrogen-bond donors (Lipinski definition) is 2. The molecule has 2 rings (SSSR count). The number of nitrogens with one attached hydrogen (secondary N) is 2. The van der Waals surface area contributed by atoms with E-state index in [-0.39, 0.29) is 0 Å². The van der Waals surface area contributed by atoms with Crippen LogP contribution < -0.4 is 4.72 Å². The van der Waals surface area contributed by atoms with Crippen LogP contribution in [-0.2, 0) is 16.6 Å². The van der Waals surface area contributed by atoms with Crippen LogP contribution in [0, 0.1) is 4.78 Å². The summed E-state index contributed by atoms with van der Waals surface area (Å²) in [5.74, 6) is 0.724. The number of benzene rings is 2. The number of rotatable bonds is 4. The summed E-state index contributed by atoms with van der Waals surface area (Å²) >= 11 is 3.41. The molecule has 0 aliphatic rings. The average Bonchev–Trinajstić information content (AvgIpc) is 2.33. The Hall–Kier alpha value is -1.13. The third kappa shape index (κ3) is 3.98. The first kappa shape index (κ1) is 12.3. The molecule has 17 heavy (non-hydrogen) atoms. The van der Waals surface area contributed by atoms with E-state index < -0.39 is 10.9 Å². The lowest BCUT2D eigenvalue weighted by molar-refractivity contribution is 1.38. The van der Waals surface area contributed by atoms with Gasteiger partial charge in [-0.3, -0.25) is 4.78 Å². The summed E-state index contributed by atoms with van der Waals surface area (Å²) in [4.78, 5) is 0. The Morgan fingerprint density at radius 3 is 2.29 bits per heavy atom. The van der Waals surface area contributed by atoms with Crippen LogP contribution in [0.5, 0.6) is 0 Å². The van der Waals surface area contributed by atoms with E-state index in [0.29, 0.717) is 0 Å². The van der Waals surface area contributed by atoms with Gasteiger partial charge in [-0.2, -0.15) is 0 Å². The van der Waals surface area contributed by atoms with Gasteiger partial charge in [-0.05, 0) is 40.7 Å². The standard InChI is InChI=1S/C13H13BrN2S/c14-12-8-6-11(7-9-12)10-17(15)16-13-4-2-1-3-5-13/h1-9H,10H2,(H2,15,16). The van der Waals surface area contributed by atoms with Gasteiger partial charge in [0.1, 0.15) is 0 Å². The Morgan fingerprint density at radius 2 is 1.65 bits per heavy atom. The third-order valence-electron chi connectivity index (χ3n) is 2.24. The molecule has 0 radical (unpaired) electrons. The zero-order chi connectivity index (χ0) is 12.1. The lowest BCUT2D eigenvalue weighted by Gasteiger charge is -2.09. The highest BCUT2D eigenvalue weighted by Crippen LogP contribution is 2.13. The van der Waals surface area contributed by atoms with Crippen LogP contribution >= 0.6 is 15.9 Å². The smallest absolute Gasteiger partial charge is 0.0478 e. The summed E-state index contributed by atoms with van der Waals surface area (Å²) in [5, 5.41) is 0. The minimum Gasteiger partial charge on any atom is -0.322 e. The monoisotopic (exact) mass is 308 g/mol. The van der Waals surface area contributed by atoms with Gasteiger partial charge >= 0.3 is 0 Å². The minimum absolute atomic E-state index is 0.594. The van der Waals surface area contributed by atoms with E-state index in [1.807, 2.05) is 54.6 Å². The van der Waals surface area contributed by atoms with Gasteiger partial charge < -0.3 is 4.72 Å². The first-order chi connectivity index (χ1) is 8.24. The second kappa shape index (κ2) is 5.98. The molecule has 0 heterocycles. The predicted molar refractivity (Wildman–Crippen MR) is 78.0 cm³/mol. The number of anilines is 1. The summed E-state index contributed by atoms with van der Waals surface area (Å²) in [5.41, 5.74) is 2.18. The third-order valence-corrected chi connectivity index (χ3v) is 3.87. The van der Waals surface area contributed by atoms with Crippen LogP contribution in [0.1, 0.15) is 5.56 Å². The maximum absolute atomic E-state index is 8.01. The molecule has 0 saturated heterocycles.